The zero-order chi connectivity index (χ0) is 28.1. The number of benzene rings is 1. The summed E-state index contributed by atoms with van der Waals surface area (Å²) in [6.07, 6.45) is 5.67. The first kappa shape index (κ1) is 31.5. The largest absolute Gasteiger partial charge is 0.480 e. The summed E-state index contributed by atoms with van der Waals surface area (Å²) in [6, 6.07) is 3.41. The van der Waals surface area contributed by atoms with Crippen LogP contribution in [0.1, 0.15) is 31.2 Å². The number of unbranched alkanes of at least 4 members (excludes halogenated alkanes) is 1. The summed E-state index contributed by atoms with van der Waals surface area (Å²) in [4.78, 5) is 53.6. The summed E-state index contributed by atoms with van der Waals surface area (Å²) < 4.78 is 0. The number of hydrogen-bond donors (Lipinski definition) is 8. The minimum atomic E-state index is -1.23. The van der Waals surface area contributed by atoms with E-state index < -0.39 is 47.9 Å². The number of hydrogen-bond acceptors (Lipinski definition) is 8. The second kappa shape index (κ2) is 16.3. The topological polar surface area (TPSA) is 192 Å². The molecule has 3 amide bonds. The molecule has 2 rings (SSSR count). The van der Waals surface area contributed by atoms with Gasteiger partial charge in [0.2, 0.25) is 17.7 Å². The molecule has 0 aliphatic carbocycles. The Balaban J connectivity index is 2.07. The molecule has 0 aliphatic heterocycles. The molecule has 0 aliphatic rings. The Morgan fingerprint density at radius 2 is 1.66 bits per heavy atom. The molecule has 0 bridgehead atoms. The number of rotatable bonds is 17. The Hall–Kier alpha value is -2.74. The second-order valence-corrected chi connectivity index (χ2v) is 10.3. The minimum absolute atomic E-state index is 0.0457. The van der Waals surface area contributed by atoms with E-state index in [0.717, 1.165) is 16.5 Å². The Kier molecular flexibility index (Phi) is 13.5. The molecule has 0 saturated carbocycles. The van der Waals surface area contributed by atoms with Crippen molar-refractivity contribution >= 4 is 59.0 Å². The van der Waals surface area contributed by atoms with Crippen LogP contribution in [-0.2, 0) is 25.6 Å². The quantitative estimate of drug-likeness (QED) is 0.0995. The molecule has 0 saturated heterocycles. The van der Waals surface area contributed by atoms with Crippen LogP contribution in [-0.4, -0.2) is 82.3 Å². The lowest BCUT2D eigenvalue weighted by Gasteiger charge is -2.24. The maximum atomic E-state index is 13.1. The summed E-state index contributed by atoms with van der Waals surface area (Å²) in [5.74, 6) is -2.31. The maximum absolute atomic E-state index is 13.1. The van der Waals surface area contributed by atoms with Crippen LogP contribution >= 0.6 is 24.4 Å². The van der Waals surface area contributed by atoms with Crippen molar-refractivity contribution in [2.24, 2.45) is 11.5 Å². The number of para-hydroxylation sites is 1. The van der Waals surface area contributed by atoms with Gasteiger partial charge < -0.3 is 37.5 Å². The zero-order valence-corrected chi connectivity index (χ0v) is 23.2. The third kappa shape index (κ3) is 9.53. The van der Waals surface area contributed by atoms with Gasteiger partial charge in [-0.2, -0.15) is 24.4 Å². The molecule has 0 fully saturated rings. The van der Waals surface area contributed by atoms with Gasteiger partial charge in [-0.25, -0.2) is 4.79 Å². The van der Waals surface area contributed by atoms with E-state index in [1.807, 2.05) is 30.5 Å². The SMILES string of the molecule is CSCCC(N)C(=O)NC(CCCCN)C(=O)NC(CS)C(=O)NC(Cc1c[nH]c2ccccc12)C(=O)O. The van der Waals surface area contributed by atoms with Crippen molar-refractivity contribution in [3.63, 3.8) is 0 Å². The van der Waals surface area contributed by atoms with E-state index in [4.69, 9.17) is 11.5 Å². The van der Waals surface area contributed by atoms with E-state index in [-0.39, 0.29) is 12.2 Å². The Bertz CT molecular complexity index is 1080. The maximum Gasteiger partial charge on any atom is 0.326 e. The van der Waals surface area contributed by atoms with Gasteiger partial charge in [0.1, 0.15) is 18.1 Å². The fraction of sp³-hybridized carbons (Fsp3) is 0.520. The van der Waals surface area contributed by atoms with Crippen LogP contribution in [0.15, 0.2) is 30.5 Å². The standard InChI is InChI=1S/C25H38N6O5S2/c1-38-11-9-17(27)22(32)29-19(8-4-5-10-26)23(33)31-21(14-37)24(34)30-20(25(35)36)12-15-13-28-18-7-3-2-6-16(15)18/h2-3,6-7,13,17,19-21,28,37H,4-5,8-12,14,26-27H2,1H3,(H,29,32)(H,30,34)(H,31,33)(H,35,36). The third-order valence-corrected chi connectivity index (χ3v) is 7.09. The summed E-state index contributed by atoms with van der Waals surface area (Å²) in [7, 11) is 0. The van der Waals surface area contributed by atoms with Crippen LogP contribution in [0.2, 0.25) is 0 Å². The van der Waals surface area contributed by atoms with E-state index in [0.29, 0.717) is 38.0 Å². The summed E-state index contributed by atoms with van der Waals surface area (Å²) in [5, 5.41) is 18.4. The Labute approximate surface area is 232 Å². The van der Waals surface area contributed by atoms with Crippen molar-refractivity contribution in [2.75, 3.05) is 24.3 Å². The van der Waals surface area contributed by atoms with Gasteiger partial charge in [0.15, 0.2) is 0 Å². The van der Waals surface area contributed by atoms with E-state index in [1.54, 1.807) is 18.0 Å². The molecule has 210 valence electrons. The number of aromatic amines is 1. The molecule has 4 unspecified atom stereocenters. The van der Waals surface area contributed by atoms with Crippen LogP contribution in [0.4, 0.5) is 0 Å². The zero-order valence-electron chi connectivity index (χ0n) is 21.4. The smallest absolute Gasteiger partial charge is 0.326 e. The van der Waals surface area contributed by atoms with Crippen molar-refractivity contribution in [2.45, 2.75) is 56.3 Å². The number of aromatic nitrogens is 1. The molecule has 13 heteroatoms. The molecule has 1 aromatic carbocycles. The van der Waals surface area contributed by atoms with Gasteiger partial charge in [-0.1, -0.05) is 18.2 Å². The van der Waals surface area contributed by atoms with Crippen molar-refractivity contribution < 1.29 is 24.3 Å². The first-order valence-electron chi connectivity index (χ1n) is 12.5. The normalized spacial score (nSPS) is 14.3. The molecule has 2 aromatic rings. The number of nitrogens with two attached hydrogens (primary N) is 2. The molecule has 38 heavy (non-hydrogen) atoms. The van der Waals surface area contributed by atoms with Crippen molar-refractivity contribution in [3.05, 3.63) is 36.0 Å². The third-order valence-electron chi connectivity index (χ3n) is 6.08. The monoisotopic (exact) mass is 566 g/mol. The lowest BCUT2D eigenvalue weighted by atomic mass is 10.0. The highest BCUT2D eigenvalue weighted by atomic mass is 32.2. The predicted molar refractivity (Wildman–Crippen MR) is 153 cm³/mol. The summed E-state index contributed by atoms with van der Waals surface area (Å²) in [6.45, 7) is 0.435. The van der Waals surface area contributed by atoms with Gasteiger partial charge in [0.25, 0.3) is 0 Å². The predicted octanol–water partition coefficient (Wildman–Crippen LogP) is 0.389. The fourth-order valence-corrected chi connectivity index (χ4v) is 4.62. The molecular weight excluding hydrogens is 528 g/mol. The molecule has 1 heterocycles. The molecule has 4 atom stereocenters. The average Bonchev–Trinajstić information content (AvgIpc) is 3.31. The van der Waals surface area contributed by atoms with E-state index in [2.05, 4.69) is 33.6 Å². The molecule has 9 N–H and O–H groups in total. The molecular formula is C25H38N6O5S2. The molecule has 0 radical (unpaired) electrons. The Morgan fingerprint density at radius 3 is 2.32 bits per heavy atom. The van der Waals surface area contributed by atoms with Crippen molar-refractivity contribution in [1.29, 1.82) is 0 Å². The highest BCUT2D eigenvalue weighted by Crippen LogP contribution is 2.19. The number of aliphatic carboxylic acids is 1. The van der Waals surface area contributed by atoms with Gasteiger partial charge in [0, 0.05) is 29.3 Å². The highest BCUT2D eigenvalue weighted by Gasteiger charge is 2.30. The van der Waals surface area contributed by atoms with Crippen molar-refractivity contribution in [3.8, 4) is 0 Å². The number of carboxylic acid groups (broad SMARTS) is 1. The van der Waals surface area contributed by atoms with E-state index in [1.165, 1.54) is 0 Å². The number of thioether (sulfide) groups is 1. The summed E-state index contributed by atoms with van der Waals surface area (Å²) >= 11 is 5.74. The first-order valence-corrected chi connectivity index (χ1v) is 14.5. The van der Waals surface area contributed by atoms with Crippen LogP contribution in [0.5, 0.6) is 0 Å². The van der Waals surface area contributed by atoms with E-state index >= 15 is 0 Å². The molecule has 0 spiro atoms. The number of fused-ring (bicyclic) bond motifs is 1. The number of carboxylic acids is 1. The number of H-pyrrole nitrogens is 1. The van der Waals surface area contributed by atoms with Gasteiger partial charge >= 0.3 is 5.97 Å². The number of thiol groups is 1. The van der Waals surface area contributed by atoms with Gasteiger partial charge in [-0.05, 0) is 55.9 Å². The lowest BCUT2D eigenvalue weighted by molar-refractivity contribution is -0.142. The van der Waals surface area contributed by atoms with Crippen LogP contribution in [0, 0.1) is 0 Å². The fourth-order valence-electron chi connectivity index (χ4n) is 3.88. The number of carbonyl (C=O) groups is 4. The van der Waals surface area contributed by atoms with E-state index in [9.17, 15) is 24.3 Å². The van der Waals surface area contributed by atoms with Crippen molar-refractivity contribution in [1.82, 2.24) is 20.9 Å². The van der Waals surface area contributed by atoms with Gasteiger partial charge in [-0.3, -0.25) is 14.4 Å². The number of amides is 3. The van der Waals surface area contributed by atoms with Crippen LogP contribution in [0.25, 0.3) is 10.9 Å². The van der Waals surface area contributed by atoms with Crippen LogP contribution < -0.4 is 27.4 Å². The number of nitrogens with one attached hydrogen (secondary N) is 4. The minimum Gasteiger partial charge on any atom is -0.480 e. The highest BCUT2D eigenvalue weighted by molar-refractivity contribution is 7.98. The second-order valence-electron chi connectivity index (χ2n) is 8.94. The van der Waals surface area contributed by atoms with Crippen LogP contribution in [0.3, 0.4) is 0 Å². The van der Waals surface area contributed by atoms with Gasteiger partial charge in [-0.15, -0.1) is 0 Å². The summed E-state index contributed by atoms with van der Waals surface area (Å²) in [5.41, 5.74) is 13.1. The molecule has 1 aromatic heterocycles. The Morgan fingerprint density at radius 1 is 1.00 bits per heavy atom. The number of carbonyl (C=O) groups excluding carboxylic acids is 3. The van der Waals surface area contributed by atoms with Gasteiger partial charge in [0.05, 0.1) is 6.04 Å². The lowest BCUT2D eigenvalue weighted by Crippen LogP contribution is -2.57. The molecule has 11 nitrogen and oxygen atoms in total. The first-order chi connectivity index (χ1) is 18.2. The average molecular weight is 567 g/mol.